The van der Waals surface area contributed by atoms with Crippen LogP contribution in [-0.4, -0.2) is 37.9 Å². The molecule has 6 nitrogen and oxygen atoms in total. The Bertz CT molecular complexity index is 658. The van der Waals surface area contributed by atoms with Crippen LogP contribution in [0.15, 0.2) is 18.2 Å². The Morgan fingerprint density at radius 1 is 1.25 bits per heavy atom. The Kier molecular flexibility index (Phi) is 3.13. The van der Waals surface area contributed by atoms with Crippen LogP contribution in [0.25, 0.3) is 0 Å². The highest BCUT2D eigenvalue weighted by Crippen LogP contribution is 2.38. The molecule has 2 aliphatic heterocycles. The van der Waals surface area contributed by atoms with Gasteiger partial charge in [-0.15, -0.1) is 0 Å². The molecule has 2 heterocycles. The quantitative estimate of drug-likeness (QED) is 0.626. The van der Waals surface area contributed by atoms with E-state index >= 15 is 0 Å². The summed E-state index contributed by atoms with van der Waals surface area (Å²) in [5, 5.41) is 11.0. The molecule has 2 saturated heterocycles. The highest BCUT2D eigenvalue weighted by Gasteiger charge is 2.44. The number of hydrogen-bond acceptors (Lipinski definition) is 5. The minimum absolute atomic E-state index is 0.0269. The zero-order chi connectivity index (χ0) is 14.5. The average Bonchev–Trinajstić information content (AvgIpc) is 2.26. The highest BCUT2D eigenvalue weighted by molar-refractivity contribution is 7.92. The Hall–Kier alpha value is -1.34. The molecule has 0 aromatic heterocycles. The smallest absolute Gasteiger partial charge is 0.271 e. The maximum absolute atomic E-state index is 11.2. The Balaban J connectivity index is 1.64. The summed E-state index contributed by atoms with van der Waals surface area (Å²) in [5.41, 5.74) is 0.747. The van der Waals surface area contributed by atoms with Gasteiger partial charge in [0.15, 0.2) is 9.84 Å². The molecule has 2 fully saturated rings. The molecule has 108 valence electrons. The molecule has 0 spiro atoms. The lowest BCUT2D eigenvalue weighted by molar-refractivity contribution is -0.384. The van der Waals surface area contributed by atoms with Crippen LogP contribution in [0.1, 0.15) is 0 Å². The summed E-state index contributed by atoms with van der Waals surface area (Å²) in [6, 6.07) is 4.43. The van der Waals surface area contributed by atoms with Crippen molar-refractivity contribution in [2.75, 3.05) is 29.5 Å². The van der Waals surface area contributed by atoms with Crippen molar-refractivity contribution in [2.45, 2.75) is 0 Å². The van der Waals surface area contributed by atoms with Crippen molar-refractivity contribution in [3.8, 4) is 0 Å². The molecule has 2 aliphatic rings. The van der Waals surface area contributed by atoms with Crippen molar-refractivity contribution in [1.82, 2.24) is 0 Å². The van der Waals surface area contributed by atoms with Gasteiger partial charge in [-0.3, -0.25) is 10.1 Å². The molecule has 20 heavy (non-hydrogen) atoms. The van der Waals surface area contributed by atoms with E-state index in [0.29, 0.717) is 22.4 Å². The summed E-state index contributed by atoms with van der Waals surface area (Å²) in [7, 11) is -2.78. The van der Waals surface area contributed by atoms with E-state index in [0.717, 1.165) is 18.8 Å². The fourth-order valence-electron chi connectivity index (χ4n) is 2.75. The summed E-state index contributed by atoms with van der Waals surface area (Å²) in [5.74, 6) is 1.22. The van der Waals surface area contributed by atoms with Gasteiger partial charge in [-0.1, -0.05) is 11.6 Å². The zero-order valence-corrected chi connectivity index (χ0v) is 12.1. The van der Waals surface area contributed by atoms with Gasteiger partial charge in [0.05, 0.1) is 27.1 Å². The number of anilines is 1. The van der Waals surface area contributed by atoms with Gasteiger partial charge in [-0.05, 0) is 17.9 Å². The number of benzene rings is 1. The number of nitro benzene ring substituents is 1. The van der Waals surface area contributed by atoms with Crippen LogP contribution in [-0.2, 0) is 9.84 Å². The largest absolute Gasteiger partial charge is 0.370 e. The van der Waals surface area contributed by atoms with Crippen molar-refractivity contribution in [3.05, 3.63) is 33.3 Å². The van der Waals surface area contributed by atoms with Crippen molar-refractivity contribution in [2.24, 2.45) is 11.8 Å². The molecule has 0 bridgehead atoms. The first-order valence-electron chi connectivity index (χ1n) is 6.25. The lowest BCUT2D eigenvalue weighted by atomic mass is 9.87. The van der Waals surface area contributed by atoms with E-state index in [1.807, 2.05) is 4.90 Å². The molecule has 0 amide bonds. The molecular weight excluding hydrogens is 304 g/mol. The van der Waals surface area contributed by atoms with E-state index < -0.39 is 14.8 Å². The number of non-ortho nitro benzene ring substituents is 1. The molecule has 1 aromatic carbocycles. The van der Waals surface area contributed by atoms with E-state index in [1.165, 1.54) is 12.1 Å². The molecule has 0 N–H and O–H groups in total. The predicted octanol–water partition coefficient (Wildman–Crippen LogP) is 1.73. The first-order chi connectivity index (χ1) is 9.35. The van der Waals surface area contributed by atoms with Crippen molar-refractivity contribution in [3.63, 3.8) is 0 Å². The average molecular weight is 317 g/mol. The van der Waals surface area contributed by atoms with Crippen LogP contribution in [0, 0.1) is 22.0 Å². The molecule has 1 aromatic rings. The van der Waals surface area contributed by atoms with Gasteiger partial charge in [0.25, 0.3) is 5.69 Å². The molecule has 0 atom stereocenters. The third kappa shape index (κ3) is 2.35. The summed E-state index contributed by atoms with van der Waals surface area (Å²) < 4.78 is 22.3. The molecular formula is C12H13ClN2O4S. The third-order valence-electron chi connectivity index (χ3n) is 4.00. The first-order valence-corrected chi connectivity index (χ1v) is 8.45. The second-order valence-electron chi connectivity index (χ2n) is 5.39. The summed E-state index contributed by atoms with van der Waals surface area (Å²) in [6.07, 6.45) is 0. The fraction of sp³-hybridized carbons (Fsp3) is 0.500. The van der Waals surface area contributed by atoms with E-state index in [-0.39, 0.29) is 11.6 Å². The maximum Gasteiger partial charge on any atom is 0.271 e. The van der Waals surface area contributed by atoms with E-state index in [1.54, 1.807) is 6.07 Å². The van der Waals surface area contributed by atoms with E-state index in [4.69, 9.17) is 11.6 Å². The topological polar surface area (TPSA) is 80.5 Å². The standard InChI is InChI=1S/C12H13ClN2O4S/c13-11-3-10(15(16)17)1-2-12(11)14-4-8(5-14)9-6-20(18,19)7-9/h1-3,8-9H,4-7H2. The molecule has 0 aliphatic carbocycles. The van der Waals surface area contributed by atoms with Crippen LogP contribution in [0.3, 0.4) is 0 Å². The Labute approximate surface area is 121 Å². The molecule has 0 unspecified atom stereocenters. The second kappa shape index (κ2) is 4.60. The number of rotatable bonds is 3. The number of halogens is 1. The van der Waals surface area contributed by atoms with Gasteiger partial charge in [-0.2, -0.15) is 0 Å². The zero-order valence-electron chi connectivity index (χ0n) is 10.5. The van der Waals surface area contributed by atoms with Gasteiger partial charge in [0.2, 0.25) is 0 Å². The molecule has 0 saturated carbocycles. The third-order valence-corrected chi connectivity index (χ3v) is 6.17. The van der Waals surface area contributed by atoms with Gasteiger partial charge >= 0.3 is 0 Å². The van der Waals surface area contributed by atoms with Gasteiger partial charge in [0.1, 0.15) is 0 Å². The first kappa shape index (κ1) is 13.6. The minimum Gasteiger partial charge on any atom is -0.370 e. The SMILES string of the molecule is O=[N+]([O-])c1ccc(N2CC(C3CS(=O)(=O)C3)C2)c(Cl)c1. The summed E-state index contributed by atoms with van der Waals surface area (Å²) >= 11 is 6.06. The number of nitro groups is 1. The van der Waals surface area contributed by atoms with Gasteiger partial charge in [0, 0.05) is 25.2 Å². The van der Waals surface area contributed by atoms with Crippen molar-refractivity contribution >= 4 is 32.8 Å². The summed E-state index contributed by atoms with van der Waals surface area (Å²) in [6.45, 7) is 1.52. The maximum atomic E-state index is 11.2. The number of hydrogen-bond donors (Lipinski definition) is 0. The number of nitrogens with zero attached hydrogens (tertiary/aromatic N) is 2. The number of sulfone groups is 1. The molecule has 8 heteroatoms. The van der Waals surface area contributed by atoms with E-state index in [2.05, 4.69) is 0 Å². The minimum atomic E-state index is -2.78. The van der Waals surface area contributed by atoms with Gasteiger partial charge < -0.3 is 4.90 Å². The van der Waals surface area contributed by atoms with Crippen LogP contribution in [0.4, 0.5) is 11.4 Å². The lowest BCUT2D eigenvalue weighted by Gasteiger charge is -2.47. The van der Waals surface area contributed by atoms with Crippen molar-refractivity contribution in [1.29, 1.82) is 0 Å². The summed E-state index contributed by atoms with van der Waals surface area (Å²) in [4.78, 5) is 12.2. The normalized spacial score (nSPS) is 22.1. The van der Waals surface area contributed by atoms with Gasteiger partial charge in [-0.25, -0.2) is 8.42 Å². The van der Waals surface area contributed by atoms with Crippen LogP contribution in [0.5, 0.6) is 0 Å². The molecule has 3 rings (SSSR count). The fourth-order valence-corrected chi connectivity index (χ4v) is 4.79. The lowest BCUT2D eigenvalue weighted by Crippen LogP contribution is -2.56. The highest BCUT2D eigenvalue weighted by atomic mass is 35.5. The second-order valence-corrected chi connectivity index (χ2v) is 7.96. The Morgan fingerprint density at radius 2 is 1.90 bits per heavy atom. The van der Waals surface area contributed by atoms with Crippen molar-refractivity contribution < 1.29 is 13.3 Å². The van der Waals surface area contributed by atoms with E-state index in [9.17, 15) is 18.5 Å². The van der Waals surface area contributed by atoms with Crippen LogP contribution >= 0.6 is 11.6 Å². The Morgan fingerprint density at radius 3 is 2.40 bits per heavy atom. The van der Waals surface area contributed by atoms with Crippen LogP contribution in [0.2, 0.25) is 5.02 Å². The monoisotopic (exact) mass is 316 g/mol. The predicted molar refractivity (Wildman–Crippen MR) is 76.0 cm³/mol. The van der Waals surface area contributed by atoms with Crippen LogP contribution < -0.4 is 4.90 Å². The molecule has 0 radical (unpaired) electrons.